The number of non-ortho nitro benzene ring substituents is 1. The smallest absolute Gasteiger partial charge is 0.342 e. The number of nitrogens with zero attached hydrogens (tertiary/aromatic N) is 2. The standard InChI is InChI=1S/C21H22N2O8/c1-28-17-5-4-15(23(26)27)10-16(17)21(25)31-12-20(24)22-7-6-13-8-18(29-2)19(30-3)9-14(13)11-22/h4-5,8-10H,6-7,11-12H2,1-3H3. The van der Waals surface area contributed by atoms with Crippen LogP contribution in [0, 0.1) is 10.1 Å². The van der Waals surface area contributed by atoms with E-state index in [2.05, 4.69) is 0 Å². The second-order valence-corrected chi connectivity index (χ2v) is 6.76. The molecule has 1 amide bonds. The Bertz CT molecular complexity index is 1020. The van der Waals surface area contributed by atoms with Crippen molar-refractivity contribution in [2.45, 2.75) is 13.0 Å². The maximum Gasteiger partial charge on any atom is 0.342 e. The summed E-state index contributed by atoms with van der Waals surface area (Å²) in [6.45, 7) is 0.304. The molecule has 0 saturated heterocycles. The maximum atomic E-state index is 12.6. The minimum absolute atomic E-state index is 0.120. The van der Waals surface area contributed by atoms with Crippen LogP contribution in [0.5, 0.6) is 17.2 Å². The van der Waals surface area contributed by atoms with Gasteiger partial charge in [-0.3, -0.25) is 14.9 Å². The summed E-state index contributed by atoms with van der Waals surface area (Å²) in [5.41, 5.74) is 1.57. The highest BCUT2D eigenvalue weighted by Crippen LogP contribution is 2.33. The third kappa shape index (κ3) is 4.68. The normalized spacial score (nSPS) is 12.5. The quantitative estimate of drug-likeness (QED) is 0.373. The number of benzene rings is 2. The predicted molar refractivity (Wildman–Crippen MR) is 109 cm³/mol. The van der Waals surface area contributed by atoms with Gasteiger partial charge < -0.3 is 23.8 Å². The molecule has 10 heteroatoms. The van der Waals surface area contributed by atoms with Crippen LogP contribution in [-0.2, 0) is 22.5 Å². The summed E-state index contributed by atoms with van der Waals surface area (Å²) >= 11 is 0. The molecule has 0 aliphatic carbocycles. The zero-order chi connectivity index (χ0) is 22.5. The molecule has 1 aliphatic rings. The summed E-state index contributed by atoms with van der Waals surface area (Å²) in [6, 6.07) is 7.30. The van der Waals surface area contributed by atoms with E-state index in [0.29, 0.717) is 31.0 Å². The molecular formula is C21H22N2O8. The number of esters is 1. The molecule has 3 rings (SSSR count). The molecule has 0 aromatic heterocycles. The van der Waals surface area contributed by atoms with Gasteiger partial charge in [0.15, 0.2) is 18.1 Å². The van der Waals surface area contributed by atoms with Crippen LogP contribution < -0.4 is 14.2 Å². The summed E-state index contributed by atoms with van der Waals surface area (Å²) in [7, 11) is 4.43. The molecule has 0 unspecified atom stereocenters. The Morgan fingerprint density at radius 2 is 1.65 bits per heavy atom. The Balaban J connectivity index is 1.67. The van der Waals surface area contributed by atoms with Crippen LogP contribution >= 0.6 is 0 Å². The lowest BCUT2D eigenvalue weighted by molar-refractivity contribution is -0.384. The van der Waals surface area contributed by atoms with E-state index in [4.69, 9.17) is 18.9 Å². The average Bonchev–Trinajstić information content (AvgIpc) is 2.80. The van der Waals surface area contributed by atoms with Gasteiger partial charge in [0.05, 0.1) is 26.3 Å². The Labute approximate surface area is 178 Å². The van der Waals surface area contributed by atoms with E-state index in [0.717, 1.165) is 17.2 Å². The summed E-state index contributed by atoms with van der Waals surface area (Å²) in [5, 5.41) is 11.0. The molecule has 0 atom stereocenters. The molecule has 0 fully saturated rings. The second-order valence-electron chi connectivity index (χ2n) is 6.76. The van der Waals surface area contributed by atoms with Crippen LogP contribution in [0.25, 0.3) is 0 Å². The molecule has 0 spiro atoms. The summed E-state index contributed by atoms with van der Waals surface area (Å²) in [5.74, 6) is 0.0625. The number of ether oxygens (including phenoxy) is 4. The van der Waals surface area contributed by atoms with Crippen molar-refractivity contribution in [3.05, 3.63) is 57.1 Å². The van der Waals surface area contributed by atoms with Gasteiger partial charge in [0.1, 0.15) is 11.3 Å². The maximum absolute atomic E-state index is 12.6. The number of hydrogen-bond donors (Lipinski definition) is 0. The molecule has 1 heterocycles. The highest BCUT2D eigenvalue weighted by molar-refractivity contribution is 5.94. The number of carbonyl (C=O) groups excluding carboxylic acids is 2. The number of methoxy groups -OCH3 is 3. The van der Waals surface area contributed by atoms with Gasteiger partial charge in [0.2, 0.25) is 0 Å². The van der Waals surface area contributed by atoms with Crippen molar-refractivity contribution >= 4 is 17.6 Å². The summed E-state index contributed by atoms with van der Waals surface area (Å²) in [4.78, 5) is 36.9. The van der Waals surface area contributed by atoms with Crippen molar-refractivity contribution < 1.29 is 33.5 Å². The van der Waals surface area contributed by atoms with Gasteiger partial charge in [-0.05, 0) is 35.7 Å². The van der Waals surface area contributed by atoms with Crippen LogP contribution in [0.3, 0.4) is 0 Å². The number of rotatable bonds is 7. The Hall–Kier alpha value is -3.82. The summed E-state index contributed by atoms with van der Waals surface area (Å²) in [6.07, 6.45) is 0.619. The largest absolute Gasteiger partial charge is 0.496 e. The van der Waals surface area contributed by atoms with E-state index >= 15 is 0 Å². The summed E-state index contributed by atoms with van der Waals surface area (Å²) < 4.78 is 20.8. The Morgan fingerprint density at radius 1 is 1.00 bits per heavy atom. The monoisotopic (exact) mass is 430 g/mol. The minimum atomic E-state index is -0.877. The predicted octanol–water partition coefficient (Wildman–Crippen LogP) is 2.36. The number of fused-ring (bicyclic) bond motifs is 1. The van der Waals surface area contributed by atoms with E-state index in [1.165, 1.54) is 26.4 Å². The lowest BCUT2D eigenvalue weighted by Gasteiger charge is -2.29. The highest BCUT2D eigenvalue weighted by Gasteiger charge is 2.25. The van der Waals surface area contributed by atoms with Crippen molar-refractivity contribution in [2.75, 3.05) is 34.5 Å². The third-order valence-corrected chi connectivity index (χ3v) is 5.01. The minimum Gasteiger partial charge on any atom is -0.496 e. The Kier molecular flexibility index (Phi) is 6.58. The first-order valence-electron chi connectivity index (χ1n) is 9.39. The molecule has 0 saturated carbocycles. The molecule has 0 bridgehead atoms. The second kappa shape index (κ2) is 9.33. The van der Waals surface area contributed by atoms with Gasteiger partial charge in [-0.15, -0.1) is 0 Å². The fourth-order valence-electron chi connectivity index (χ4n) is 3.36. The molecule has 0 radical (unpaired) electrons. The number of amides is 1. The topological polar surface area (TPSA) is 117 Å². The molecule has 10 nitrogen and oxygen atoms in total. The fraction of sp³-hybridized carbons (Fsp3) is 0.333. The molecule has 0 N–H and O–H groups in total. The van der Waals surface area contributed by atoms with Crippen molar-refractivity contribution in [2.24, 2.45) is 0 Å². The van der Waals surface area contributed by atoms with Crippen molar-refractivity contribution in [3.63, 3.8) is 0 Å². The molecule has 164 valence electrons. The molecular weight excluding hydrogens is 408 g/mol. The lowest BCUT2D eigenvalue weighted by Crippen LogP contribution is -2.38. The van der Waals surface area contributed by atoms with Gasteiger partial charge >= 0.3 is 5.97 Å². The van der Waals surface area contributed by atoms with Gasteiger partial charge in [-0.25, -0.2) is 4.79 Å². The number of hydrogen-bond acceptors (Lipinski definition) is 8. The number of nitro groups is 1. The number of nitro benzene ring substituents is 1. The first-order chi connectivity index (χ1) is 14.9. The van der Waals surface area contributed by atoms with Crippen LogP contribution in [-0.4, -0.2) is 56.2 Å². The third-order valence-electron chi connectivity index (χ3n) is 5.01. The van der Waals surface area contributed by atoms with E-state index in [-0.39, 0.29) is 22.9 Å². The molecule has 31 heavy (non-hydrogen) atoms. The average molecular weight is 430 g/mol. The van der Waals surface area contributed by atoms with Gasteiger partial charge in [-0.2, -0.15) is 0 Å². The molecule has 2 aromatic rings. The lowest BCUT2D eigenvalue weighted by atomic mass is 9.99. The van der Waals surface area contributed by atoms with Crippen LogP contribution in [0.1, 0.15) is 21.5 Å². The van der Waals surface area contributed by atoms with Crippen molar-refractivity contribution in [1.82, 2.24) is 4.90 Å². The first-order valence-corrected chi connectivity index (χ1v) is 9.39. The zero-order valence-electron chi connectivity index (χ0n) is 17.4. The SMILES string of the molecule is COc1cc2c(cc1OC)CN(C(=O)COC(=O)c1cc([N+](=O)[O-])ccc1OC)CC2. The van der Waals surface area contributed by atoms with Crippen LogP contribution in [0.15, 0.2) is 30.3 Å². The first kappa shape index (κ1) is 21.9. The van der Waals surface area contributed by atoms with E-state index in [1.54, 1.807) is 12.0 Å². The van der Waals surface area contributed by atoms with Crippen molar-refractivity contribution in [1.29, 1.82) is 0 Å². The van der Waals surface area contributed by atoms with Crippen LogP contribution in [0.2, 0.25) is 0 Å². The zero-order valence-corrected chi connectivity index (χ0v) is 17.4. The molecule has 2 aromatic carbocycles. The van der Waals surface area contributed by atoms with E-state index in [1.807, 2.05) is 12.1 Å². The van der Waals surface area contributed by atoms with E-state index in [9.17, 15) is 19.7 Å². The highest BCUT2D eigenvalue weighted by atomic mass is 16.6. The fourth-order valence-corrected chi connectivity index (χ4v) is 3.36. The van der Waals surface area contributed by atoms with E-state index < -0.39 is 17.5 Å². The number of carbonyl (C=O) groups is 2. The van der Waals surface area contributed by atoms with Gasteiger partial charge in [-0.1, -0.05) is 0 Å². The van der Waals surface area contributed by atoms with Gasteiger partial charge in [0.25, 0.3) is 11.6 Å². The molecule has 1 aliphatic heterocycles. The van der Waals surface area contributed by atoms with Gasteiger partial charge in [0, 0.05) is 25.2 Å². The van der Waals surface area contributed by atoms with Crippen molar-refractivity contribution in [3.8, 4) is 17.2 Å². The Morgan fingerprint density at radius 3 is 2.26 bits per heavy atom. The van der Waals surface area contributed by atoms with Crippen LogP contribution in [0.4, 0.5) is 5.69 Å².